The van der Waals surface area contributed by atoms with Gasteiger partial charge in [-0.1, -0.05) is 27.7 Å². The van der Waals surface area contributed by atoms with Gasteiger partial charge in [0.2, 0.25) is 5.91 Å². The van der Waals surface area contributed by atoms with E-state index in [2.05, 4.69) is 29.1 Å². The first-order valence-electron chi connectivity index (χ1n) is 7.36. The first kappa shape index (κ1) is 16.6. The highest BCUT2D eigenvalue weighted by atomic mass is 32.1. The lowest BCUT2D eigenvalue weighted by molar-refractivity contribution is -0.118. The maximum atomic E-state index is 11.9. The average Bonchev–Trinajstić information content (AvgIpc) is 2.94. The first-order chi connectivity index (χ1) is 10.4. The van der Waals surface area contributed by atoms with Gasteiger partial charge in [-0.3, -0.25) is 9.78 Å². The molecule has 2 rings (SSSR count). The Morgan fingerprint density at radius 3 is 2.55 bits per heavy atom. The number of anilines is 1. The van der Waals surface area contributed by atoms with Gasteiger partial charge in [-0.05, 0) is 24.0 Å². The highest BCUT2D eigenvalue weighted by molar-refractivity contribution is 7.13. The molecule has 0 saturated carbocycles. The second kappa shape index (κ2) is 6.98. The van der Waals surface area contributed by atoms with Crippen LogP contribution in [-0.4, -0.2) is 21.9 Å². The highest BCUT2D eigenvalue weighted by Gasteiger charge is 2.18. The molecule has 0 aromatic carbocycles. The van der Waals surface area contributed by atoms with Crippen LogP contribution in [0.3, 0.4) is 0 Å². The number of rotatable bonds is 5. The maximum absolute atomic E-state index is 11.9. The normalized spacial score (nSPS) is 12.7. The fourth-order valence-corrected chi connectivity index (χ4v) is 2.59. The molecule has 0 aliphatic heterocycles. The molecule has 0 fully saturated rings. The third-order valence-corrected chi connectivity index (χ3v) is 4.29. The average molecular weight is 318 g/mol. The summed E-state index contributed by atoms with van der Waals surface area (Å²) in [5, 5.41) is 5.40. The molecule has 0 unspecified atom stereocenters. The molecule has 2 aromatic rings. The summed E-state index contributed by atoms with van der Waals surface area (Å²) < 4.78 is 0. The van der Waals surface area contributed by atoms with Gasteiger partial charge in [0, 0.05) is 22.8 Å². The van der Waals surface area contributed by atoms with Crippen molar-refractivity contribution in [1.29, 1.82) is 0 Å². The molecule has 2 heterocycles. The zero-order chi connectivity index (χ0) is 16.3. The predicted molar refractivity (Wildman–Crippen MR) is 90.9 cm³/mol. The van der Waals surface area contributed by atoms with Gasteiger partial charge in [0.05, 0.1) is 6.04 Å². The van der Waals surface area contributed by atoms with Crippen LogP contribution in [0, 0.1) is 5.92 Å². The van der Waals surface area contributed by atoms with E-state index in [1.54, 1.807) is 0 Å². The molecule has 1 amide bonds. The van der Waals surface area contributed by atoms with Crippen LogP contribution in [0.1, 0.15) is 39.3 Å². The number of carbonyl (C=O) groups excluding carboxylic acids is 1. The van der Waals surface area contributed by atoms with Crippen molar-refractivity contribution in [2.45, 2.75) is 39.7 Å². The third-order valence-electron chi connectivity index (χ3n) is 3.40. The summed E-state index contributed by atoms with van der Waals surface area (Å²) in [5.74, 6) is 0.817. The number of nitrogens with one attached hydrogen (secondary N) is 1. The van der Waals surface area contributed by atoms with Crippen molar-refractivity contribution in [2.24, 2.45) is 11.7 Å². The molecule has 2 aromatic heterocycles. The summed E-state index contributed by atoms with van der Waals surface area (Å²) >= 11 is 1.47. The second-order valence-electron chi connectivity index (χ2n) is 5.92. The molecular formula is C16H22N4OS. The summed E-state index contributed by atoms with van der Waals surface area (Å²) in [5.41, 5.74) is 7.82. The number of hydrogen-bond acceptors (Lipinski definition) is 5. The Kier molecular flexibility index (Phi) is 5.26. The molecular weight excluding hydrogens is 296 g/mol. The Morgan fingerprint density at radius 1 is 1.27 bits per heavy atom. The number of nitrogens with two attached hydrogens (primary N) is 1. The number of hydrogen-bond donors (Lipinski definition) is 2. The van der Waals surface area contributed by atoms with Crippen LogP contribution in [0.4, 0.5) is 5.82 Å². The lowest BCUT2D eigenvalue weighted by Gasteiger charge is -2.13. The standard InChI is InChI=1S/C16H22N4OS/c1-9(2)12-6-5-11(7-18-12)16-20-13(8-22-16)19-15(21)14(17)10(3)4/h5-10,14H,17H2,1-4H3,(H,19,21)/t14-/m0/s1. The van der Waals surface area contributed by atoms with E-state index in [0.29, 0.717) is 11.7 Å². The zero-order valence-corrected chi connectivity index (χ0v) is 14.1. The van der Waals surface area contributed by atoms with E-state index >= 15 is 0 Å². The van der Waals surface area contributed by atoms with Gasteiger partial charge in [-0.2, -0.15) is 0 Å². The van der Waals surface area contributed by atoms with Crippen LogP contribution < -0.4 is 11.1 Å². The van der Waals surface area contributed by atoms with E-state index in [1.807, 2.05) is 37.6 Å². The molecule has 0 aliphatic rings. The molecule has 22 heavy (non-hydrogen) atoms. The molecule has 0 saturated heterocycles. The Bertz CT molecular complexity index is 634. The predicted octanol–water partition coefficient (Wildman–Crippen LogP) is 3.25. The molecule has 5 nitrogen and oxygen atoms in total. The van der Waals surface area contributed by atoms with Crippen LogP contribution in [0.25, 0.3) is 10.6 Å². The number of amides is 1. The van der Waals surface area contributed by atoms with Crippen LogP contribution in [0.15, 0.2) is 23.7 Å². The molecule has 3 N–H and O–H groups in total. The lowest BCUT2D eigenvalue weighted by atomic mass is 10.1. The van der Waals surface area contributed by atoms with Gasteiger partial charge >= 0.3 is 0 Å². The van der Waals surface area contributed by atoms with E-state index in [-0.39, 0.29) is 11.8 Å². The van der Waals surface area contributed by atoms with Gasteiger partial charge < -0.3 is 11.1 Å². The zero-order valence-electron chi connectivity index (χ0n) is 13.3. The maximum Gasteiger partial charge on any atom is 0.242 e. The minimum atomic E-state index is -0.530. The molecule has 0 radical (unpaired) electrons. The number of carbonyl (C=O) groups is 1. The minimum absolute atomic E-state index is 0.0888. The van der Waals surface area contributed by atoms with E-state index in [0.717, 1.165) is 16.3 Å². The molecule has 0 aliphatic carbocycles. The quantitative estimate of drug-likeness (QED) is 0.886. The van der Waals surface area contributed by atoms with Gasteiger partial charge in [-0.15, -0.1) is 11.3 Å². The van der Waals surface area contributed by atoms with E-state index < -0.39 is 6.04 Å². The van der Waals surface area contributed by atoms with Gasteiger partial charge in [0.25, 0.3) is 0 Å². The SMILES string of the molecule is CC(C)c1ccc(-c2nc(NC(=O)[C@@H](N)C(C)C)cs2)cn1. The van der Waals surface area contributed by atoms with Crippen LogP contribution in [0.2, 0.25) is 0 Å². The smallest absolute Gasteiger partial charge is 0.242 e. The van der Waals surface area contributed by atoms with Crippen LogP contribution in [0.5, 0.6) is 0 Å². The second-order valence-corrected chi connectivity index (χ2v) is 6.78. The molecule has 0 bridgehead atoms. The number of nitrogens with zero attached hydrogens (tertiary/aromatic N) is 2. The number of pyridine rings is 1. The Morgan fingerprint density at radius 2 is 2.00 bits per heavy atom. The summed E-state index contributed by atoms with van der Waals surface area (Å²) in [6.07, 6.45) is 1.82. The van der Waals surface area contributed by atoms with Crippen molar-refractivity contribution in [3.63, 3.8) is 0 Å². The van der Waals surface area contributed by atoms with Crippen LogP contribution >= 0.6 is 11.3 Å². The van der Waals surface area contributed by atoms with Gasteiger partial charge in [0.1, 0.15) is 10.8 Å². The Labute approximate surface area is 135 Å². The molecule has 1 atom stereocenters. The summed E-state index contributed by atoms with van der Waals surface area (Å²) in [6.45, 7) is 8.05. The van der Waals surface area contributed by atoms with Crippen molar-refractivity contribution in [3.05, 3.63) is 29.4 Å². The monoisotopic (exact) mass is 318 g/mol. The minimum Gasteiger partial charge on any atom is -0.320 e. The molecule has 0 spiro atoms. The first-order valence-corrected chi connectivity index (χ1v) is 8.24. The van der Waals surface area contributed by atoms with Gasteiger partial charge in [-0.25, -0.2) is 4.98 Å². The molecule has 118 valence electrons. The van der Waals surface area contributed by atoms with Gasteiger partial charge in [0.15, 0.2) is 0 Å². The Hall–Kier alpha value is -1.79. The third kappa shape index (κ3) is 3.90. The summed E-state index contributed by atoms with van der Waals surface area (Å²) in [6, 6.07) is 3.48. The number of aromatic nitrogens is 2. The van der Waals surface area contributed by atoms with E-state index in [4.69, 9.17) is 5.73 Å². The fraction of sp³-hybridized carbons (Fsp3) is 0.438. The summed E-state index contributed by atoms with van der Waals surface area (Å²) in [4.78, 5) is 20.8. The Balaban J connectivity index is 2.09. The van der Waals surface area contributed by atoms with Crippen molar-refractivity contribution < 1.29 is 4.79 Å². The van der Waals surface area contributed by atoms with Crippen LogP contribution in [-0.2, 0) is 4.79 Å². The van der Waals surface area contributed by atoms with Crippen molar-refractivity contribution >= 4 is 23.1 Å². The fourth-order valence-electron chi connectivity index (χ4n) is 1.85. The van der Waals surface area contributed by atoms with Crippen molar-refractivity contribution in [1.82, 2.24) is 9.97 Å². The van der Waals surface area contributed by atoms with E-state index in [1.165, 1.54) is 11.3 Å². The highest BCUT2D eigenvalue weighted by Crippen LogP contribution is 2.26. The van der Waals surface area contributed by atoms with E-state index in [9.17, 15) is 4.79 Å². The topological polar surface area (TPSA) is 80.9 Å². The number of thiazole rings is 1. The lowest BCUT2D eigenvalue weighted by Crippen LogP contribution is -2.39. The van der Waals surface area contributed by atoms with Crippen molar-refractivity contribution in [3.8, 4) is 10.6 Å². The van der Waals surface area contributed by atoms with Crippen molar-refractivity contribution in [2.75, 3.05) is 5.32 Å². The largest absolute Gasteiger partial charge is 0.320 e. The molecule has 6 heteroatoms. The summed E-state index contributed by atoms with van der Waals surface area (Å²) in [7, 11) is 0.